The van der Waals surface area contributed by atoms with Crippen LogP contribution in [0.25, 0.3) is 5.57 Å². The molecule has 1 N–H and O–H groups in total. The Morgan fingerprint density at radius 1 is 1.40 bits per heavy atom. The summed E-state index contributed by atoms with van der Waals surface area (Å²) < 4.78 is 0.905. The largest absolute Gasteiger partial charge is 0.313 e. The Morgan fingerprint density at radius 3 is 2.93 bits per heavy atom. The van der Waals surface area contributed by atoms with Crippen molar-refractivity contribution in [1.29, 1.82) is 0 Å². The monoisotopic (exact) mass is 264 g/mol. The predicted molar refractivity (Wildman–Crippen MR) is 64.4 cm³/mol. The summed E-state index contributed by atoms with van der Waals surface area (Å²) in [5, 5.41) is 3.49. The van der Waals surface area contributed by atoms with E-state index in [0.717, 1.165) is 16.9 Å². The third kappa shape index (κ3) is 1.74. The fourth-order valence-electron chi connectivity index (χ4n) is 2.35. The molecule has 2 aliphatic rings. The van der Waals surface area contributed by atoms with Crippen LogP contribution in [0.15, 0.2) is 29.0 Å². The Morgan fingerprint density at radius 2 is 2.33 bits per heavy atom. The molecule has 2 nitrogen and oxygen atoms in total. The van der Waals surface area contributed by atoms with Crippen LogP contribution in [0.4, 0.5) is 0 Å². The van der Waals surface area contributed by atoms with Crippen molar-refractivity contribution in [2.75, 3.05) is 6.54 Å². The van der Waals surface area contributed by atoms with Gasteiger partial charge in [-0.1, -0.05) is 12.1 Å². The van der Waals surface area contributed by atoms with E-state index < -0.39 is 0 Å². The van der Waals surface area contributed by atoms with Gasteiger partial charge in [-0.25, -0.2) is 4.98 Å². The molecule has 0 spiro atoms. The molecule has 2 heterocycles. The molecule has 78 valence electrons. The van der Waals surface area contributed by atoms with Gasteiger partial charge in [0.15, 0.2) is 0 Å². The van der Waals surface area contributed by atoms with Crippen LogP contribution in [0.3, 0.4) is 0 Å². The van der Waals surface area contributed by atoms with Crippen molar-refractivity contribution in [3.63, 3.8) is 0 Å². The molecule has 1 aromatic heterocycles. The van der Waals surface area contributed by atoms with Crippen LogP contribution in [0, 0.1) is 5.92 Å². The second kappa shape index (κ2) is 3.72. The van der Waals surface area contributed by atoms with Gasteiger partial charge in [-0.15, -0.1) is 0 Å². The number of hydrogen-bond acceptors (Lipinski definition) is 2. The molecular weight excluding hydrogens is 252 g/mol. The zero-order valence-electron chi connectivity index (χ0n) is 8.41. The van der Waals surface area contributed by atoms with E-state index in [1.54, 1.807) is 0 Å². The summed E-state index contributed by atoms with van der Waals surface area (Å²) in [4.78, 5) is 4.27. The second-order valence-electron chi connectivity index (χ2n) is 4.31. The van der Waals surface area contributed by atoms with Crippen molar-refractivity contribution >= 4 is 21.5 Å². The average molecular weight is 265 g/mol. The van der Waals surface area contributed by atoms with E-state index in [2.05, 4.69) is 38.4 Å². The SMILES string of the molecule is Brc1ccc(C2=CC[C@@H]3CN[C@@H]3C2)cn1. The Balaban J connectivity index is 1.85. The molecule has 0 unspecified atom stereocenters. The molecule has 1 aromatic rings. The molecule has 2 atom stereocenters. The number of halogens is 1. The number of aromatic nitrogens is 1. The van der Waals surface area contributed by atoms with Crippen molar-refractivity contribution in [1.82, 2.24) is 10.3 Å². The first kappa shape index (κ1) is 9.55. The topological polar surface area (TPSA) is 24.9 Å². The standard InChI is InChI=1S/C12H13BrN2/c13-12-4-3-9(6-15-12)8-1-2-10-7-14-11(10)5-8/h1,3-4,6,10-11,14H,2,5,7H2/t10-,11-/m1/s1. The lowest BCUT2D eigenvalue weighted by Gasteiger charge is -2.41. The van der Waals surface area contributed by atoms with Gasteiger partial charge in [0.2, 0.25) is 0 Å². The molecular formula is C12H13BrN2. The highest BCUT2D eigenvalue weighted by atomic mass is 79.9. The summed E-state index contributed by atoms with van der Waals surface area (Å²) in [5.41, 5.74) is 2.72. The molecule has 1 fully saturated rings. The molecule has 0 amide bonds. The summed E-state index contributed by atoms with van der Waals surface area (Å²) in [7, 11) is 0. The Bertz CT molecular complexity index is 397. The molecule has 1 aliphatic heterocycles. The first-order chi connectivity index (χ1) is 7.33. The lowest BCUT2D eigenvalue weighted by Crippen LogP contribution is -2.53. The van der Waals surface area contributed by atoms with Gasteiger partial charge in [-0.3, -0.25) is 0 Å². The van der Waals surface area contributed by atoms with Crippen LogP contribution in [0.1, 0.15) is 18.4 Å². The minimum Gasteiger partial charge on any atom is -0.313 e. The number of pyridine rings is 1. The van der Waals surface area contributed by atoms with Gasteiger partial charge < -0.3 is 5.32 Å². The minimum absolute atomic E-state index is 0.716. The third-order valence-electron chi connectivity index (χ3n) is 3.42. The van der Waals surface area contributed by atoms with Gasteiger partial charge >= 0.3 is 0 Å². The molecule has 1 aliphatic carbocycles. The number of rotatable bonds is 1. The van der Waals surface area contributed by atoms with Crippen LogP contribution in [0.2, 0.25) is 0 Å². The highest BCUT2D eigenvalue weighted by Crippen LogP contribution is 2.34. The molecule has 15 heavy (non-hydrogen) atoms. The molecule has 1 saturated heterocycles. The Labute approximate surface area is 97.9 Å². The van der Waals surface area contributed by atoms with Crippen molar-refractivity contribution < 1.29 is 0 Å². The lowest BCUT2D eigenvalue weighted by molar-refractivity contribution is 0.231. The fraction of sp³-hybridized carbons (Fsp3) is 0.417. The van der Waals surface area contributed by atoms with Gasteiger partial charge in [-0.2, -0.15) is 0 Å². The van der Waals surface area contributed by atoms with Crippen LogP contribution in [-0.2, 0) is 0 Å². The summed E-state index contributed by atoms with van der Waals surface area (Å²) >= 11 is 3.36. The van der Waals surface area contributed by atoms with E-state index in [1.807, 2.05) is 12.3 Å². The summed E-state index contributed by atoms with van der Waals surface area (Å²) in [6.45, 7) is 1.20. The minimum atomic E-state index is 0.716. The first-order valence-electron chi connectivity index (χ1n) is 5.37. The first-order valence-corrected chi connectivity index (χ1v) is 6.16. The molecule has 0 bridgehead atoms. The smallest absolute Gasteiger partial charge is 0.106 e. The van der Waals surface area contributed by atoms with Gasteiger partial charge in [0.1, 0.15) is 4.60 Å². The zero-order chi connectivity index (χ0) is 10.3. The molecule has 0 saturated carbocycles. The molecule has 0 radical (unpaired) electrons. The van der Waals surface area contributed by atoms with Gasteiger partial charge in [0, 0.05) is 18.8 Å². The Kier molecular flexibility index (Phi) is 2.37. The normalized spacial score (nSPS) is 29.0. The fourth-order valence-corrected chi connectivity index (χ4v) is 2.59. The van der Waals surface area contributed by atoms with Gasteiger partial charge in [0.25, 0.3) is 0 Å². The third-order valence-corrected chi connectivity index (χ3v) is 3.89. The van der Waals surface area contributed by atoms with Crippen LogP contribution in [0.5, 0.6) is 0 Å². The Hall–Kier alpha value is -0.670. The number of nitrogens with zero attached hydrogens (tertiary/aromatic N) is 1. The van der Waals surface area contributed by atoms with Crippen molar-refractivity contribution in [3.8, 4) is 0 Å². The van der Waals surface area contributed by atoms with E-state index in [9.17, 15) is 0 Å². The number of nitrogens with one attached hydrogen (secondary N) is 1. The quantitative estimate of drug-likeness (QED) is 0.789. The highest BCUT2D eigenvalue weighted by molar-refractivity contribution is 9.10. The maximum atomic E-state index is 4.27. The van der Waals surface area contributed by atoms with Crippen molar-refractivity contribution in [2.24, 2.45) is 5.92 Å². The summed E-state index contributed by atoms with van der Waals surface area (Å²) in [6, 6.07) is 4.87. The van der Waals surface area contributed by atoms with Crippen molar-refractivity contribution in [2.45, 2.75) is 18.9 Å². The highest BCUT2D eigenvalue weighted by Gasteiger charge is 2.32. The van der Waals surface area contributed by atoms with Crippen molar-refractivity contribution in [3.05, 3.63) is 34.6 Å². The maximum absolute atomic E-state index is 4.27. The van der Waals surface area contributed by atoms with Gasteiger partial charge in [-0.05, 0) is 51.9 Å². The number of hydrogen-bond donors (Lipinski definition) is 1. The van der Waals surface area contributed by atoms with E-state index in [4.69, 9.17) is 0 Å². The molecule has 0 aromatic carbocycles. The van der Waals surface area contributed by atoms with E-state index in [1.165, 1.54) is 24.1 Å². The maximum Gasteiger partial charge on any atom is 0.106 e. The summed E-state index contributed by atoms with van der Waals surface area (Å²) in [5.74, 6) is 0.886. The van der Waals surface area contributed by atoms with Gasteiger partial charge in [0.05, 0.1) is 0 Å². The lowest BCUT2D eigenvalue weighted by atomic mass is 9.78. The van der Waals surface area contributed by atoms with Crippen LogP contribution >= 0.6 is 15.9 Å². The second-order valence-corrected chi connectivity index (χ2v) is 5.13. The predicted octanol–water partition coefficient (Wildman–Crippen LogP) is 2.61. The molecule has 3 rings (SSSR count). The van der Waals surface area contributed by atoms with Crippen LogP contribution < -0.4 is 5.32 Å². The van der Waals surface area contributed by atoms with Crippen LogP contribution in [-0.4, -0.2) is 17.6 Å². The van der Waals surface area contributed by atoms with E-state index >= 15 is 0 Å². The number of fused-ring (bicyclic) bond motifs is 1. The molecule has 3 heteroatoms. The number of allylic oxidation sites excluding steroid dienone is 1. The zero-order valence-corrected chi connectivity index (χ0v) is 10.00. The van der Waals surface area contributed by atoms with E-state index in [0.29, 0.717) is 6.04 Å². The summed E-state index contributed by atoms with van der Waals surface area (Å²) in [6.07, 6.45) is 6.72. The average Bonchev–Trinajstić information content (AvgIpc) is 2.22. The van der Waals surface area contributed by atoms with E-state index in [-0.39, 0.29) is 0 Å².